The molecule has 0 spiro atoms. The summed E-state index contributed by atoms with van der Waals surface area (Å²) in [5, 5.41) is 17.1. The zero-order valence-corrected chi connectivity index (χ0v) is 23.9. The minimum absolute atomic E-state index is 0.0738. The van der Waals surface area contributed by atoms with Crippen molar-refractivity contribution in [3.63, 3.8) is 0 Å². The fraction of sp³-hybridized carbons (Fsp3) is 0.690. The molecule has 220 valence electrons. The largest absolute Gasteiger partial charge is 0.458 e. The van der Waals surface area contributed by atoms with E-state index in [1.807, 2.05) is 20.8 Å². The van der Waals surface area contributed by atoms with Crippen molar-refractivity contribution in [1.29, 1.82) is 0 Å². The maximum Gasteiger partial charge on any atom is 0.345 e. The van der Waals surface area contributed by atoms with Crippen LogP contribution in [-0.2, 0) is 14.3 Å². The first-order chi connectivity index (χ1) is 18.8. The van der Waals surface area contributed by atoms with Gasteiger partial charge in [-0.3, -0.25) is 19.4 Å². The van der Waals surface area contributed by atoms with Crippen LogP contribution in [0, 0.1) is 34.0 Å². The number of esters is 1. The molecule has 0 aromatic carbocycles. The summed E-state index contributed by atoms with van der Waals surface area (Å²) in [5.41, 5.74) is 2.48. The number of hydrogen-bond donors (Lipinski definition) is 5. The van der Waals surface area contributed by atoms with Gasteiger partial charge < -0.3 is 26.2 Å². The molecule has 0 saturated heterocycles. The highest BCUT2D eigenvalue weighted by molar-refractivity contribution is 5.89. The molecule has 1 heterocycles. The van der Waals surface area contributed by atoms with E-state index in [1.54, 1.807) is 6.08 Å². The van der Waals surface area contributed by atoms with Gasteiger partial charge in [0.15, 0.2) is 0 Å². The Bertz CT molecular complexity index is 1230. The molecule has 2 bridgehead atoms. The molecule has 3 aliphatic carbocycles. The molecule has 1 aromatic heterocycles. The number of nitrogens with one attached hydrogen (secondary N) is 3. The highest BCUT2D eigenvalue weighted by atomic mass is 16.5. The molecule has 0 radical (unpaired) electrons. The second-order valence-electron chi connectivity index (χ2n) is 12.4. The smallest absolute Gasteiger partial charge is 0.345 e. The average Bonchev–Trinajstić information content (AvgIpc) is 3.29. The van der Waals surface area contributed by atoms with Crippen LogP contribution in [0.25, 0.3) is 0 Å². The molecule has 0 aliphatic heterocycles. The summed E-state index contributed by atoms with van der Waals surface area (Å²) in [6, 6.07) is 0. The zero-order valence-electron chi connectivity index (χ0n) is 23.9. The van der Waals surface area contributed by atoms with Crippen molar-refractivity contribution in [3.05, 3.63) is 34.8 Å². The van der Waals surface area contributed by atoms with Crippen LogP contribution in [0.15, 0.2) is 23.6 Å². The maximum absolute atomic E-state index is 13.5. The number of carbonyl (C=O) groups is 3. The zero-order chi connectivity index (χ0) is 29.5. The van der Waals surface area contributed by atoms with Crippen LogP contribution >= 0.6 is 0 Å². The number of Topliss-reactive ketones (excluding diaryl/α,β-unsaturated/α-hetero) is 1. The molecule has 40 heavy (non-hydrogen) atoms. The number of ketones is 1. The van der Waals surface area contributed by atoms with Gasteiger partial charge in [0.2, 0.25) is 11.9 Å². The molecule has 11 heteroatoms. The average molecular weight is 558 g/mol. The lowest BCUT2D eigenvalue weighted by atomic mass is 9.44. The molecule has 11 nitrogen and oxygen atoms in total. The van der Waals surface area contributed by atoms with E-state index in [0.717, 1.165) is 19.0 Å². The fourth-order valence-corrected chi connectivity index (χ4v) is 7.78. The van der Waals surface area contributed by atoms with Crippen LogP contribution in [0.4, 0.5) is 5.95 Å². The van der Waals surface area contributed by atoms with E-state index in [4.69, 9.17) is 10.5 Å². The summed E-state index contributed by atoms with van der Waals surface area (Å²) in [7, 11) is 0. The van der Waals surface area contributed by atoms with Crippen molar-refractivity contribution in [1.82, 2.24) is 15.3 Å². The number of rotatable bonds is 8. The summed E-state index contributed by atoms with van der Waals surface area (Å²) < 4.78 is 6.17. The number of anilines is 1. The van der Waals surface area contributed by atoms with Crippen molar-refractivity contribution >= 4 is 23.6 Å². The first-order valence-electron chi connectivity index (χ1n) is 14.2. The van der Waals surface area contributed by atoms with Crippen molar-refractivity contribution in [2.75, 3.05) is 25.0 Å². The van der Waals surface area contributed by atoms with Gasteiger partial charge in [-0.1, -0.05) is 33.8 Å². The molecule has 1 amide bonds. The Morgan fingerprint density at radius 3 is 2.65 bits per heavy atom. The minimum atomic E-state index is -0.829. The minimum Gasteiger partial charge on any atom is -0.458 e. The van der Waals surface area contributed by atoms with E-state index in [-0.39, 0.29) is 72.4 Å². The summed E-state index contributed by atoms with van der Waals surface area (Å²) in [4.78, 5) is 57.8. The number of nitrogens with zero attached hydrogens (tertiary/aromatic N) is 1. The number of aromatic nitrogens is 2. The van der Waals surface area contributed by atoms with E-state index >= 15 is 0 Å². The van der Waals surface area contributed by atoms with Crippen molar-refractivity contribution in [2.24, 2.45) is 39.7 Å². The number of amides is 1. The van der Waals surface area contributed by atoms with E-state index < -0.39 is 34.6 Å². The second kappa shape index (κ2) is 11.1. The Labute approximate surface area is 234 Å². The fourth-order valence-electron chi connectivity index (χ4n) is 7.78. The van der Waals surface area contributed by atoms with E-state index in [0.29, 0.717) is 12.8 Å². The first-order valence-corrected chi connectivity index (χ1v) is 14.2. The quantitative estimate of drug-likeness (QED) is 0.181. The van der Waals surface area contributed by atoms with E-state index in [2.05, 4.69) is 34.1 Å². The Kier molecular flexibility index (Phi) is 8.29. The van der Waals surface area contributed by atoms with E-state index in [9.17, 15) is 24.3 Å². The molecule has 3 saturated carbocycles. The van der Waals surface area contributed by atoms with Gasteiger partial charge in [0.25, 0.3) is 5.56 Å². The van der Waals surface area contributed by atoms with Crippen LogP contribution in [0.5, 0.6) is 0 Å². The lowest BCUT2D eigenvalue weighted by molar-refractivity contribution is -0.192. The molecule has 3 fully saturated rings. The van der Waals surface area contributed by atoms with Gasteiger partial charge in [0.05, 0.1) is 18.8 Å². The number of ether oxygens (including phenoxy) is 1. The molecular weight excluding hydrogens is 514 g/mol. The monoisotopic (exact) mass is 557 g/mol. The predicted octanol–water partition coefficient (Wildman–Crippen LogP) is 1.78. The number of nitrogens with two attached hydrogens (primary N) is 1. The van der Waals surface area contributed by atoms with Gasteiger partial charge in [0.1, 0.15) is 17.5 Å². The van der Waals surface area contributed by atoms with Crippen LogP contribution in [-0.4, -0.2) is 64.6 Å². The van der Waals surface area contributed by atoms with Gasteiger partial charge in [-0.2, -0.15) is 0 Å². The third kappa shape index (κ3) is 4.87. The molecule has 1 aromatic rings. The third-order valence-corrected chi connectivity index (χ3v) is 10.5. The lowest BCUT2D eigenvalue weighted by Gasteiger charge is -2.61. The van der Waals surface area contributed by atoms with Crippen LogP contribution < -0.4 is 21.9 Å². The van der Waals surface area contributed by atoms with E-state index in [1.165, 1.54) is 0 Å². The Balaban J connectivity index is 1.63. The van der Waals surface area contributed by atoms with Gasteiger partial charge in [-0.15, -0.1) is 6.58 Å². The van der Waals surface area contributed by atoms with Gasteiger partial charge >= 0.3 is 5.97 Å². The number of carbonyl (C=O) groups excluding carboxylic acids is 3. The SMILES string of the molecule is C=C[C@]1(C)C[C@@H](OC(=O)c2cnc(NCCNC(=O)CN)[nH]c2=O)[C@]2(C)C(C)CC[C@]3(CCC(=O)C32)[C@@H](C)[C@@H]1O. The number of hydrogen-bond acceptors (Lipinski definition) is 9. The van der Waals surface area contributed by atoms with Crippen molar-refractivity contribution in [2.45, 2.75) is 72.0 Å². The second-order valence-corrected chi connectivity index (χ2v) is 12.4. The first kappa shape index (κ1) is 29.9. The highest BCUT2D eigenvalue weighted by Gasteiger charge is 2.68. The molecule has 3 aliphatic rings. The molecule has 6 N–H and O–H groups in total. The highest BCUT2D eigenvalue weighted by Crippen LogP contribution is 2.68. The number of aliphatic hydroxyl groups excluding tert-OH is 1. The summed E-state index contributed by atoms with van der Waals surface area (Å²) in [5.74, 6) is -1.25. The number of aliphatic hydroxyl groups is 1. The Hall–Kier alpha value is -3.05. The number of H-pyrrole nitrogens is 1. The maximum atomic E-state index is 13.5. The molecule has 8 atom stereocenters. The van der Waals surface area contributed by atoms with Crippen LogP contribution in [0.3, 0.4) is 0 Å². The normalized spacial score (nSPS) is 37.0. The van der Waals surface area contributed by atoms with Crippen molar-refractivity contribution in [3.8, 4) is 0 Å². The van der Waals surface area contributed by atoms with Gasteiger partial charge in [-0.05, 0) is 42.9 Å². The van der Waals surface area contributed by atoms with Gasteiger partial charge in [0, 0.05) is 36.3 Å². The topological polar surface area (TPSA) is 176 Å². The molecule has 4 rings (SSSR count). The van der Waals surface area contributed by atoms with Crippen molar-refractivity contribution < 1.29 is 24.2 Å². The lowest BCUT2D eigenvalue weighted by Crippen LogP contribution is -2.63. The Morgan fingerprint density at radius 1 is 1.27 bits per heavy atom. The third-order valence-electron chi connectivity index (χ3n) is 10.5. The van der Waals surface area contributed by atoms with Gasteiger partial charge in [-0.25, -0.2) is 9.78 Å². The molecule has 2 unspecified atom stereocenters. The standard InChI is InChI=1S/C29H43N5O6/c1-6-27(4)13-20(28(5)16(2)7-9-29(17(3)23(27)37)10-8-19(35)22(28)29)40-25(39)18-15-33-26(34-24(18)38)32-12-11-31-21(36)14-30/h6,15-17,20,22-23,37H,1,7-14,30H2,2-5H3,(H,31,36)(H2,32,33,34,38)/t16?,17-,20+,22?,23-,27+,28-,29-/m0/s1. The summed E-state index contributed by atoms with van der Waals surface area (Å²) in [6.45, 7) is 12.6. The summed E-state index contributed by atoms with van der Waals surface area (Å²) >= 11 is 0. The van der Waals surface area contributed by atoms with Crippen LogP contribution in [0.1, 0.15) is 70.2 Å². The predicted molar refractivity (Wildman–Crippen MR) is 149 cm³/mol. The Morgan fingerprint density at radius 2 is 2.00 bits per heavy atom. The number of aromatic amines is 1. The van der Waals surface area contributed by atoms with Crippen LogP contribution in [0.2, 0.25) is 0 Å². The molecular formula is C29H43N5O6. The summed E-state index contributed by atoms with van der Waals surface area (Å²) in [6.07, 6.45) is 4.49.